The zero-order chi connectivity index (χ0) is 13.3. The molecule has 1 aliphatic heterocycles. The Balaban J connectivity index is 2.33. The highest BCUT2D eigenvalue weighted by Gasteiger charge is 2.36. The summed E-state index contributed by atoms with van der Waals surface area (Å²) in [5, 5.41) is -0.139. The molecule has 2 rings (SSSR count). The molecule has 1 aliphatic rings. The van der Waals surface area contributed by atoms with E-state index in [1.807, 2.05) is 6.92 Å². The van der Waals surface area contributed by atoms with Crippen molar-refractivity contribution in [3.63, 3.8) is 0 Å². The highest BCUT2D eigenvalue weighted by molar-refractivity contribution is 7.99. The largest absolute Gasteiger partial charge is 0.304 e. The Morgan fingerprint density at radius 1 is 1.39 bits per heavy atom. The Morgan fingerprint density at radius 3 is 2.78 bits per heavy atom. The van der Waals surface area contributed by atoms with Gasteiger partial charge in [0.25, 0.3) is 11.7 Å². The second-order valence-corrected chi connectivity index (χ2v) is 5.57. The molecule has 0 radical (unpaired) electrons. The lowest BCUT2D eigenvalue weighted by atomic mass is 10.1. The summed E-state index contributed by atoms with van der Waals surface area (Å²) < 4.78 is 13.4. The molecule has 0 atom stereocenters. The van der Waals surface area contributed by atoms with Gasteiger partial charge in [-0.2, -0.15) is 11.8 Å². The van der Waals surface area contributed by atoms with Crippen LogP contribution in [0.15, 0.2) is 12.1 Å². The minimum absolute atomic E-state index is 0.139. The van der Waals surface area contributed by atoms with Crippen LogP contribution in [0.2, 0.25) is 5.02 Å². The number of thioether (sulfide) groups is 1. The van der Waals surface area contributed by atoms with E-state index in [0.717, 1.165) is 11.8 Å². The molecule has 0 N–H and O–H groups in total. The molecule has 3 nitrogen and oxygen atoms in total. The lowest BCUT2D eigenvalue weighted by Gasteiger charge is -2.16. The first-order valence-electron chi connectivity index (χ1n) is 5.49. The van der Waals surface area contributed by atoms with E-state index in [0.29, 0.717) is 18.0 Å². The summed E-state index contributed by atoms with van der Waals surface area (Å²) >= 11 is 7.27. The predicted molar refractivity (Wildman–Crippen MR) is 71.1 cm³/mol. The van der Waals surface area contributed by atoms with Crippen molar-refractivity contribution in [3.05, 3.63) is 28.5 Å². The predicted octanol–water partition coefficient (Wildman–Crippen LogP) is 2.76. The van der Waals surface area contributed by atoms with Gasteiger partial charge >= 0.3 is 0 Å². The molecule has 0 bridgehead atoms. The summed E-state index contributed by atoms with van der Waals surface area (Å²) in [5.74, 6) is -0.209. The van der Waals surface area contributed by atoms with Gasteiger partial charge in [-0.1, -0.05) is 18.5 Å². The second kappa shape index (κ2) is 5.28. The molecule has 96 valence electrons. The van der Waals surface area contributed by atoms with E-state index in [2.05, 4.69) is 0 Å². The first kappa shape index (κ1) is 13.4. The summed E-state index contributed by atoms with van der Waals surface area (Å²) in [4.78, 5) is 24.8. The van der Waals surface area contributed by atoms with Gasteiger partial charge in [-0.05, 0) is 17.9 Å². The number of rotatable bonds is 4. The monoisotopic (exact) mass is 287 g/mol. The number of hydrogen-bond acceptors (Lipinski definition) is 3. The number of carbonyl (C=O) groups is 2. The molecule has 0 unspecified atom stereocenters. The molecular formula is C12H11ClFNO2S. The number of Topliss-reactive ketones (excluding diaryl/α,β-unsaturated/α-hetero) is 1. The Hall–Kier alpha value is -1.07. The molecule has 0 aromatic heterocycles. The van der Waals surface area contributed by atoms with E-state index >= 15 is 0 Å². The number of ketones is 1. The zero-order valence-electron chi connectivity index (χ0n) is 9.70. The number of fused-ring (bicyclic) bond motifs is 1. The minimum atomic E-state index is -0.619. The van der Waals surface area contributed by atoms with Gasteiger partial charge in [0.2, 0.25) is 0 Å². The minimum Gasteiger partial charge on any atom is -0.304 e. The summed E-state index contributed by atoms with van der Waals surface area (Å²) in [6.07, 6.45) is 0. The van der Waals surface area contributed by atoms with Crippen LogP contribution in [-0.4, -0.2) is 29.7 Å². The fourth-order valence-electron chi connectivity index (χ4n) is 1.81. The second-order valence-electron chi connectivity index (χ2n) is 3.77. The van der Waals surface area contributed by atoms with E-state index in [1.54, 1.807) is 11.8 Å². The number of hydrogen-bond donors (Lipinski definition) is 0. The van der Waals surface area contributed by atoms with E-state index in [1.165, 1.54) is 11.0 Å². The highest BCUT2D eigenvalue weighted by Crippen LogP contribution is 2.33. The van der Waals surface area contributed by atoms with Crippen LogP contribution in [-0.2, 0) is 4.79 Å². The molecule has 0 spiro atoms. The molecular weight excluding hydrogens is 277 g/mol. The fourth-order valence-corrected chi connectivity index (χ4v) is 2.57. The number of nitrogens with zero attached hydrogens (tertiary/aromatic N) is 1. The average Bonchev–Trinajstić information content (AvgIpc) is 2.56. The van der Waals surface area contributed by atoms with Crippen molar-refractivity contribution in [2.24, 2.45) is 0 Å². The van der Waals surface area contributed by atoms with Crippen LogP contribution in [0, 0.1) is 5.82 Å². The Bertz CT molecular complexity index is 521. The summed E-state index contributed by atoms with van der Waals surface area (Å²) in [6, 6.07) is 2.37. The maximum Gasteiger partial charge on any atom is 0.299 e. The van der Waals surface area contributed by atoms with E-state index < -0.39 is 17.5 Å². The SMILES string of the molecule is CCSCCN1C(=O)C(=O)c2cc(Cl)c(F)cc21. The Labute approximate surface area is 113 Å². The standard InChI is InChI=1S/C12H11ClFNO2S/c1-2-18-4-3-15-10-6-9(14)8(13)5-7(10)11(16)12(15)17/h5-6H,2-4H2,1H3. The molecule has 1 aromatic carbocycles. The van der Waals surface area contributed by atoms with Crippen LogP contribution in [0.4, 0.5) is 10.1 Å². The van der Waals surface area contributed by atoms with Crippen molar-refractivity contribution in [2.45, 2.75) is 6.92 Å². The molecule has 1 amide bonds. The van der Waals surface area contributed by atoms with Gasteiger partial charge in [0.15, 0.2) is 0 Å². The van der Waals surface area contributed by atoms with E-state index in [4.69, 9.17) is 11.6 Å². The van der Waals surface area contributed by atoms with Crippen LogP contribution in [0.5, 0.6) is 0 Å². The van der Waals surface area contributed by atoms with Crippen LogP contribution >= 0.6 is 23.4 Å². The van der Waals surface area contributed by atoms with Crippen molar-refractivity contribution in [1.82, 2.24) is 0 Å². The number of amides is 1. The van der Waals surface area contributed by atoms with Crippen LogP contribution in [0.1, 0.15) is 17.3 Å². The fraction of sp³-hybridized carbons (Fsp3) is 0.333. The normalized spacial score (nSPS) is 14.3. The van der Waals surface area contributed by atoms with Crippen molar-refractivity contribution >= 4 is 40.7 Å². The highest BCUT2D eigenvalue weighted by atomic mass is 35.5. The topological polar surface area (TPSA) is 37.4 Å². The molecule has 6 heteroatoms. The van der Waals surface area contributed by atoms with Gasteiger partial charge in [0.1, 0.15) is 5.82 Å². The summed E-state index contributed by atoms with van der Waals surface area (Å²) in [5.41, 5.74) is 0.511. The van der Waals surface area contributed by atoms with Gasteiger partial charge in [0.05, 0.1) is 16.3 Å². The Kier molecular flexibility index (Phi) is 3.92. The first-order valence-corrected chi connectivity index (χ1v) is 7.02. The first-order chi connectivity index (χ1) is 8.56. The van der Waals surface area contributed by atoms with Crippen molar-refractivity contribution in [2.75, 3.05) is 23.0 Å². The Morgan fingerprint density at radius 2 is 2.11 bits per heavy atom. The van der Waals surface area contributed by atoms with Gasteiger partial charge in [-0.25, -0.2) is 4.39 Å². The van der Waals surface area contributed by atoms with E-state index in [9.17, 15) is 14.0 Å². The molecule has 0 fully saturated rings. The maximum absolute atomic E-state index is 13.4. The average molecular weight is 288 g/mol. The summed E-state index contributed by atoms with van der Waals surface area (Å²) in [6.45, 7) is 2.41. The van der Waals surface area contributed by atoms with E-state index in [-0.39, 0.29) is 10.6 Å². The molecule has 1 aromatic rings. The molecule has 0 aliphatic carbocycles. The van der Waals surface area contributed by atoms with Crippen LogP contribution < -0.4 is 4.90 Å². The van der Waals surface area contributed by atoms with Crippen molar-refractivity contribution in [3.8, 4) is 0 Å². The zero-order valence-corrected chi connectivity index (χ0v) is 11.3. The maximum atomic E-state index is 13.4. The lowest BCUT2D eigenvalue weighted by molar-refractivity contribution is -0.114. The quantitative estimate of drug-likeness (QED) is 0.631. The molecule has 0 saturated carbocycles. The molecule has 1 heterocycles. The number of anilines is 1. The number of halogens is 2. The number of carbonyl (C=O) groups excluding carboxylic acids is 2. The van der Waals surface area contributed by atoms with Crippen LogP contribution in [0.25, 0.3) is 0 Å². The van der Waals surface area contributed by atoms with Crippen molar-refractivity contribution < 1.29 is 14.0 Å². The summed E-state index contributed by atoms with van der Waals surface area (Å²) in [7, 11) is 0. The van der Waals surface area contributed by atoms with Crippen molar-refractivity contribution in [1.29, 1.82) is 0 Å². The molecule has 0 saturated heterocycles. The lowest BCUT2D eigenvalue weighted by Crippen LogP contribution is -2.31. The van der Waals surface area contributed by atoms with Gasteiger partial charge in [0, 0.05) is 12.3 Å². The third kappa shape index (κ3) is 2.24. The molecule has 18 heavy (non-hydrogen) atoms. The van der Waals surface area contributed by atoms with Crippen LogP contribution in [0.3, 0.4) is 0 Å². The van der Waals surface area contributed by atoms with Gasteiger partial charge < -0.3 is 4.90 Å². The third-order valence-electron chi connectivity index (χ3n) is 2.68. The van der Waals surface area contributed by atoms with Gasteiger partial charge in [-0.15, -0.1) is 0 Å². The smallest absolute Gasteiger partial charge is 0.299 e. The third-order valence-corrected chi connectivity index (χ3v) is 3.85. The number of benzene rings is 1. The van der Waals surface area contributed by atoms with Gasteiger partial charge in [-0.3, -0.25) is 9.59 Å².